The summed E-state index contributed by atoms with van der Waals surface area (Å²) in [6.45, 7) is 0. The predicted octanol–water partition coefficient (Wildman–Crippen LogP) is 5.74. The quantitative estimate of drug-likeness (QED) is 0.216. The Morgan fingerprint density at radius 3 is 1.78 bits per heavy atom. The van der Waals surface area contributed by atoms with E-state index >= 15 is 0 Å². The fraction of sp³-hybridized carbons (Fsp3) is 0.188. The first kappa shape index (κ1) is 23.5. The molecule has 1 atom stereocenters. The summed E-state index contributed by atoms with van der Waals surface area (Å²) in [4.78, 5) is 12.3. The Balaban J connectivity index is 0.000000445. The van der Waals surface area contributed by atoms with Crippen LogP contribution in [0.1, 0.15) is 5.56 Å². The second kappa shape index (κ2) is 8.64. The maximum atomic E-state index is 11.2. The second-order valence-electron chi connectivity index (χ2n) is 5.11. The molecule has 0 aliphatic heterocycles. The Labute approximate surface area is 157 Å². The van der Waals surface area contributed by atoms with Gasteiger partial charge in [-0.05, 0) is 12.1 Å². The van der Waals surface area contributed by atoms with E-state index in [2.05, 4.69) is 29.0 Å². The van der Waals surface area contributed by atoms with Gasteiger partial charge in [-0.3, -0.25) is 0 Å². The van der Waals surface area contributed by atoms with E-state index in [1.54, 1.807) is 0 Å². The number of benzene rings is 2. The molecular weight excluding hydrogens is 508 g/mol. The number of carbonyl (C=O) groups is 1. The molecule has 0 amide bonds. The molecule has 0 spiro atoms. The van der Waals surface area contributed by atoms with Gasteiger partial charge in [0.2, 0.25) is 0 Å². The molecule has 3 nitrogen and oxygen atoms in total. The van der Waals surface area contributed by atoms with Crippen molar-refractivity contribution in [1.82, 2.24) is 0 Å². The monoisotopic (exact) mass is 524 g/mol. The van der Waals surface area contributed by atoms with Crippen molar-refractivity contribution in [2.75, 3.05) is 13.0 Å². The SMILES string of the molecule is COC(=O)OC[S+](Cc1ccccc1)c1ccccc1.[F][Sb-]([F])([F])([F])([F])[F]. The van der Waals surface area contributed by atoms with Gasteiger partial charge in [0.15, 0.2) is 4.90 Å². The number of methoxy groups -OCH3 is 1. The van der Waals surface area contributed by atoms with E-state index in [4.69, 9.17) is 4.74 Å². The van der Waals surface area contributed by atoms with Gasteiger partial charge in [-0.15, -0.1) is 0 Å². The van der Waals surface area contributed by atoms with Gasteiger partial charge in [0, 0.05) is 5.56 Å². The number of carbonyl (C=O) groups excluding carboxylic acids is 1. The molecule has 0 saturated heterocycles. The summed E-state index contributed by atoms with van der Waals surface area (Å²) in [7, 11) is 1.14. The van der Waals surface area contributed by atoms with Crippen LogP contribution in [0.2, 0.25) is 0 Å². The molecule has 27 heavy (non-hydrogen) atoms. The van der Waals surface area contributed by atoms with Crippen molar-refractivity contribution in [3.63, 3.8) is 0 Å². The minimum absolute atomic E-state index is 0.184. The fourth-order valence-corrected chi connectivity index (χ4v) is 3.52. The van der Waals surface area contributed by atoms with E-state index in [0.29, 0.717) is 5.94 Å². The Morgan fingerprint density at radius 2 is 1.33 bits per heavy atom. The topological polar surface area (TPSA) is 35.5 Å². The minimum atomic E-state index is -11.2. The van der Waals surface area contributed by atoms with E-state index < -0.39 is 25.6 Å². The molecule has 1 unspecified atom stereocenters. The first-order valence-electron chi connectivity index (χ1n) is 7.28. The summed E-state index contributed by atoms with van der Waals surface area (Å²) in [5.74, 6) is 1.19. The van der Waals surface area contributed by atoms with Gasteiger partial charge in [-0.25, -0.2) is 4.79 Å². The van der Waals surface area contributed by atoms with E-state index in [1.165, 1.54) is 17.6 Å². The zero-order valence-corrected chi connectivity index (χ0v) is 17.4. The standard InChI is InChI=1S/C16H17O3S.6FH.Sb/c1-18-16(17)19-13-20(15-10-6-3-7-11-15)12-14-8-4-2-5-9-14;;;;;;;/h2-11H,12-13H2,1H3;6*1H;/q+1;;;;;;;+5/p-6. The average Bonchev–Trinajstić information content (AvgIpc) is 2.57. The Bertz CT molecular complexity index is 715. The first-order chi connectivity index (χ1) is 12.2. The zero-order chi connectivity index (χ0) is 20.6. The Kier molecular flexibility index (Phi) is 7.52. The van der Waals surface area contributed by atoms with Gasteiger partial charge in [0.25, 0.3) is 5.94 Å². The van der Waals surface area contributed by atoms with Gasteiger partial charge in [-0.1, -0.05) is 48.5 Å². The summed E-state index contributed by atoms with van der Waals surface area (Å²) in [5, 5.41) is 0. The van der Waals surface area contributed by atoms with E-state index in [0.717, 1.165) is 5.75 Å². The molecule has 0 bridgehead atoms. The van der Waals surface area contributed by atoms with Crippen molar-refractivity contribution in [3.05, 3.63) is 66.2 Å². The van der Waals surface area contributed by atoms with Gasteiger partial charge >= 0.3 is 42.5 Å². The molecule has 2 rings (SSSR count). The molecular formula is C16H17F6O3SSb. The number of rotatable bonds is 5. The molecule has 0 N–H and O–H groups in total. The number of ether oxygens (including phenoxy) is 2. The Hall–Kier alpha value is -1.54. The van der Waals surface area contributed by atoms with Crippen LogP contribution in [-0.2, 0) is 26.1 Å². The Morgan fingerprint density at radius 1 is 0.889 bits per heavy atom. The van der Waals surface area contributed by atoms with Gasteiger partial charge in [0.1, 0.15) is 5.75 Å². The third-order valence-corrected chi connectivity index (χ3v) is 4.77. The van der Waals surface area contributed by atoms with Crippen molar-refractivity contribution < 1.29 is 31.1 Å². The molecule has 2 aromatic rings. The third kappa shape index (κ3) is 14.2. The van der Waals surface area contributed by atoms with Crippen molar-refractivity contribution in [1.29, 1.82) is 0 Å². The van der Waals surface area contributed by atoms with Crippen LogP contribution in [0.15, 0.2) is 65.6 Å². The average molecular weight is 525 g/mol. The molecule has 0 aliphatic rings. The first-order valence-corrected chi connectivity index (χ1v) is 14.6. The molecule has 0 heterocycles. The van der Waals surface area contributed by atoms with Crippen molar-refractivity contribution in [2.45, 2.75) is 10.6 Å². The molecule has 11 heteroatoms. The molecule has 2 aromatic carbocycles. The third-order valence-electron chi connectivity index (χ3n) is 2.75. The zero-order valence-electron chi connectivity index (χ0n) is 14.0. The summed E-state index contributed by atoms with van der Waals surface area (Å²) in [6, 6.07) is 20.3. The van der Waals surface area contributed by atoms with Crippen molar-refractivity contribution in [2.24, 2.45) is 0 Å². The van der Waals surface area contributed by atoms with Gasteiger partial charge in [0.05, 0.1) is 18.0 Å². The van der Waals surface area contributed by atoms with Crippen molar-refractivity contribution in [3.8, 4) is 0 Å². The van der Waals surface area contributed by atoms with Gasteiger partial charge in [-0.2, -0.15) is 0 Å². The van der Waals surface area contributed by atoms with E-state index in [9.17, 15) is 21.7 Å². The van der Waals surface area contributed by atoms with Crippen molar-refractivity contribution >= 4 is 36.5 Å². The van der Waals surface area contributed by atoms with Crippen LogP contribution in [0.3, 0.4) is 0 Å². The number of halogens is 6. The van der Waals surface area contributed by atoms with Crippen LogP contribution >= 0.6 is 0 Å². The van der Waals surface area contributed by atoms with Crippen LogP contribution in [-0.4, -0.2) is 38.7 Å². The second-order valence-corrected chi connectivity index (χ2v) is 12.6. The molecule has 0 fully saturated rings. The predicted molar refractivity (Wildman–Crippen MR) is 93.0 cm³/mol. The molecule has 0 aliphatic carbocycles. The normalized spacial score (nSPS) is 14.6. The summed E-state index contributed by atoms with van der Waals surface area (Å²) < 4.78 is 69.2. The van der Waals surface area contributed by atoms with Crippen LogP contribution in [0.25, 0.3) is 0 Å². The number of hydrogen-bond donors (Lipinski definition) is 0. The molecule has 0 aromatic heterocycles. The maximum absolute atomic E-state index is 11.2. The summed E-state index contributed by atoms with van der Waals surface area (Å²) >= 11 is -11.2. The molecule has 0 radical (unpaired) electrons. The summed E-state index contributed by atoms with van der Waals surface area (Å²) in [6.07, 6.45) is -0.633. The van der Waals surface area contributed by atoms with Crippen LogP contribution < -0.4 is 0 Å². The fourth-order valence-electron chi connectivity index (χ4n) is 1.76. The molecule has 0 saturated carbocycles. The van der Waals surface area contributed by atoms with E-state index in [1.807, 2.05) is 36.4 Å². The van der Waals surface area contributed by atoms with Gasteiger partial charge < -0.3 is 9.47 Å². The summed E-state index contributed by atoms with van der Waals surface area (Å²) in [5.41, 5.74) is 1.23. The van der Waals surface area contributed by atoms with Crippen LogP contribution in [0.5, 0.6) is 0 Å². The number of hydrogen-bond acceptors (Lipinski definition) is 3. The van der Waals surface area contributed by atoms with Crippen LogP contribution in [0, 0.1) is 0 Å². The van der Waals surface area contributed by atoms with E-state index in [-0.39, 0.29) is 10.9 Å². The van der Waals surface area contributed by atoms with Crippen LogP contribution in [0.4, 0.5) is 21.7 Å². The molecule has 152 valence electrons.